The molecule has 17 heavy (non-hydrogen) atoms. The minimum absolute atomic E-state index is 0.793. The average molecular weight is 478 g/mol. The van der Waals surface area contributed by atoms with Crippen molar-refractivity contribution in [1.29, 1.82) is 0 Å². The van der Waals surface area contributed by atoms with Crippen LogP contribution in [0.3, 0.4) is 0 Å². The van der Waals surface area contributed by atoms with Gasteiger partial charge in [-0.05, 0) is 13.8 Å². The summed E-state index contributed by atoms with van der Waals surface area (Å²) in [5, 5.41) is 3.78. The Kier molecular flexibility index (Phi) is 7.95. The SMILES string of the molecule is CC(C)=NOC(C)=[N+](C)C.[Cl][Sb-]([Cl])([Cl])([Cl])([Cl])[Cl]. The van der Waals surface area contributed by atoms with Crippen LogP contribution in [0, 0.1) is 0 Å². The zero-order valence-corrected chi connectivity index (χ0v) is 17.1. The van der Waals surface area contributed by atoms with E-state index in [-0.39, 0.29) is 0 Å². The molecule has 0 spiro atoms. The van der Waals surface area contributed by atoms with E-state index in [1.807, 2.05) is 39.4 Å². The van der Waals surface area contributed by atoms with E-state index >= 15 is 0 Å². The minimum atomic E-state index is -5.42. The van der Waals surface area contributed by atoms with Crippen molar-refractivity contribution < 1.29 is 9.41 Å². The van der Waals surface area contributed by atoms with Crippen molar-refractivity contribution in [2.45, 2.75) is 20.8 Å². The number of oxime groups is 1. The molecule has 0 bridgehead atoms. The first-order valence-electron chi connectivity index (χ1n) is 4.24. The third-order valence-electron chi connectivity index (χ3n) is 0.990. The molecule has 0 amide bonds. The third-order valence-corrected chi connectivity index (χ3v) is 0.990. The van der Waals surface area contributed by atoms with Gasteiger partial charge in [-0.3, -0.25) is 4.84 Å². The summed E-state index contributed by atoms with van der Waals surface area (Å²) in [6.45, 7) is 5.65. The molecule has 0 atom stereocenters. The van der Waals surface area contributed by atoms with Gasteiger partial charge in [0.05, 0.1) is 12.6 Å². The van der Waals surface area contributed by atoms with E-state index in [9.17, 15) is 0 Å². The Balaban J connectivity index is 0. The number of nitrogens with zero attached hydrogens (tertiary/aromatic N) is 2. The summed E-state index contributed by atoms with van der Waals surface area (Å²) < 4.78 is 1.87. The first-order chi connectivity index (χ1) is 6.99. The van der Waals surface area contributed by atoms with Gasteiger partial charge in [0.1, 0.15) is 14.1 Å². The van der Waals surface area contributed by atoms with E-state index in [1.54, 1.807) is 0 Å². The molecule has 0 rings (SSSR count). The first kappa shape index (κ1) is 21.0. The van der Waals surface area contributed by atoms with Crippen LogP contribution in [-0.2, 0) is 4.84 Å². The van der Waals surface area contributed by atoms with Crippen LogP contribution in [0.4, 0.5) is 0 Å². The molecule has 0 aromatic heterocycles. The molecule has 10 heteroatoms. The van der Waals surface area contributed by atoms with Crippen molar-refractivity contribution in [3.05, 3.63) is 0 Å². The molecule has 0 heterocycles. The topological polar surface area (TPSA) is 24.6 Å². The van der Waals surface area contributed by atoms with Crippen LogP contribution in [0.15, 0.2) is 5.16 Å². The molecule has 0 radical (unpaired) electrons. The van der Waals surface area contributed by atoms with Gasteiger partial charge in [0.2, 0.25) is 0 Å². The summed E-state index contributed by atoms with van der Waals surface area (Å²) in [5.74, 6) is 0.793. The van der Waals surface area contributed by atoms with Gasteiger partial charge in [0.25, 0.3) is 0 Å². The molecule has 106 valence electrons. The molecule has 0 fully saturated rings. The molecule has 3 nitrogen and oxygen atoms in total. The molecule has 0 saturated carbocycles. The van der Waals surface area contributed by atoms with Crippen LogP contribution in [0.2, 0.25) is 0 Å². The fourth-order valence-electron chi connectivity index (χ4n) is 0.239. The summed E-state index contributed by atoms with van der Waals surface area (Å²) >= 11 is 0. The second kappa shape index (κ2) is 6.43. The molecular weight excluding hydrogens is 463 g/mol. The summed E-state index contributed by atoms with van der Waals surface area (Å²) in [4.78, 5) is 5.00. The van der Waals surface area contributed by atoms with Crippen LogP contribution in [-0.4, -0.2) is 39.4 Å². The van der Waals surface area contributed by atoms with Crippen molar-refractivity contribution in [2.75, 3.05) is 14.1 Å². The van der Waals surface area contributed by atoms with E-state index in [2.05, 4.69) is 5.16 Å². The van der Waals surface area contributed by atoms with Crippen molar-refractivity contribution in [1.82, 2.24) is 0 Å². The molecule has 0 aliphatic carbocycles. The number of hydrogen-bond donors (Lipinski definition) is 0. The van der Waals surface area contributed by atoms with Crippen molar-refractivity contribution in [3.8, 4) is 0 Å². The van der Waals surface area contributed by atoms with Gasteiger partial charge in [0.15, 0.2) is 0 Å². The van der Waals surface area contributed by atoms with Gasteiger partial charge in [-0.15, -0.1) is 0 Å². The van der Waals surface area contributed by atoms with Gasteiger partial charge >= 0.3 is 68.0 Å². The average Bonchev–Trinajstić information content (AvgIpc) is 1.93. The van der Waals surface area contributed by atoms with Crippen molar-refractivity contribution in [2.24, 2.45) is 5.16 Å². The third kappa shape index (κ3) is 38.1. The van der Waals surface area contributed by atoms with E-state index < -0.39 is 9.14 Å². The van der Waals surface area contributed by atoms with E-state index in [0.29, 0.717) is 0 Å². The maximum absolute atomic E-state index is 5.42. The zero-order valence-electron chi connectivity index (χ0n) is 10.0. The summed E-state index contributed by atoms with van der Waals surface area (Å²) in [6.07, 6.45) is 0. The van der Waals surface area contributed by atoms with Crippen LogP contribution in [0.25, 0.3) is 0 Å². The van der Waals surface area contributed by atoms with Crippen LogP contribution in [0.1, 0.15) is 20.8 Å². The van der Waals surface area contributed by atoms with Crippen LogP contribution in [0.5, 0.6) is 0 Å². The van der Waals surface area contributed by atoms with Gasteiger partial charge in [-0.1, -0.05) is 5.16 Å². The fourth-order valence-corrected chi connectivity index (χ4v) is 0.239. The molecule has 0 N–H and O–H groups in total. The van der Waals surface area contributed by atoms with Crippen molar-refractivity contribution >= 4 is 73.7 Å². The fraction of sp³-hybridized carbons (Fsp3) is 0.714. The predicted octanol–water partition coefficient (Wildman–Crippen LogP) is 4.85. The van der Waals surface area contributed by atoms with Gasteiger partial charge < -0.3 is 0 Å². The van der Waals surface area contributed by atoms with Gasteiger partial charge in [-0.2, -0.15) is 0 Å². The van der Waals surface area contributed by atoms with E-state index in [0.717, 1.165) is 11.6 Å². The summed E-state index contributed by atoms with van der Waals surface area (Å²) in [7, 11) is 28.8. The molecule has 0 aliphatic rings. The molecule has 0 aromatic carbocycles. The quantitative estimate of drug-likeness (QED) is 0.174. The monoisotopic (exact) mass is 474 g/mol. The Labute approximate surface area is 122 Å². The number of rotatable bonds is 1. The Morgan fingerprint density at radius 3 is 1.41 bits per heavy atom. The maximum atomic E-state index is 5.06. The second-order valence-corrected chi connectivity index (χ2v) is 60.4. The molecule has 0 aliphatic heterocycles. The number of halogens is 6. The van der Waals surface area contributed by atoms with E-state index in [4.69, 9.17) is 57.8 Å². The molecule has 0 aromatic rings. The Morgan fingerprint density at radius 1 is 0.941 bits per heavy atom. The Hall–Kier alpha value is 1.70. The number of hydrogen-bond acceptors (Lipinski definition) is 2. The predicted molar refractivity (Wildman–Crippen MR) is 83.5 cm³/mol. The van der Waals surface area contributed by atoms with Gasteiger partial charge in [0, 0.05) is 0 Å². The van der Waals surface area contributed by atoms with Gasteiger partial charge in [-0.25, -0.2) is 4.58 Å². The second-order valence-electron chi connectivity index (χ2n) is 3.50. The Morgan fingerprint density at radius 2 is 1.24 bits per heavy atom. The summed E-state index contributed by atoms with van der Waals surface area (Å²) in [5.41, 5.74) is 0.918. The Bertz CT molecular complexity index is 311. The normalized spacial score (nSPS) is 14.5. The molecule has 0 unspecified atom stereocenters. The summed E-state index contributed by atoms with van der Waals surface area (Å²) in [6, 6.07) is 0. The van der Waals surface area contributed by atoms with Crippen LogP contribution >= 0.6 is 53.0 Å². The van der Waals surface area contributed by atoms with Crippen LogP contribution < -0.4 is 0 Å². The molecular formula is C7H15Cl6N2OSb. The zero-order chi connectivity index (χ0) is 14.6. The molecule has 0 saturated heterocycles. The standard InChI is InChI=1S/C7H15N2O.6ClH.Sb/c1-6(2)8-10-7(3)9(4)5;;;;;;;/h1-5H3;6*1H;/q+1;;;;;;;+5/p-6. The van der Waals surface area contributed by atoms with E-state index in [1.165, 1.54) is 0 Å². The first-order valence-corrected chi connectivity index (χ1v) is 23.6. The van der Waals surface area contributed by atoms with Crippen molar-refractivity contribution in [3.63, 3.8) is 0 Å².